The van der Waals surface area contributed by atoms with Crippen molar-refractivity contribution in [2.75, 3.05) is 0 Å². The fourth-order valence-corrected chi connectivity index (χ4v) is 0.268. The molecule has 0 saturated carbocycles. The molecule has 0 amide bonds. The minimum atomic E-state index is -0.677. The average molecular weight is 113 g/mol. The Bertz CT molecular complexity index is 180. The highest BCUT2D eigenvalue weighted by Gasteiger charge is 2.07. The lowest BCUT2D eigenvalue weighted by Crippen LogP contribution is -1.85. The summed E-state index contributed by atoms with van der Waals surface area (Å²) < 4.78 is 4.13. The van der Waals surface area contributed by atoms with Gasteiger partial charge in [-0.2, -0.15) is 0 Å². The number of nitrogens with zero attached hydrogens (tertiary/aromatic N) is 2. The van der Waals surface area contributed by atoms with E-state index in [4.69, 9.17) is 0 Å². The van der Waals surface area contributed by atoms with E-state index >= 15 is 0 Å². The predicted molar refractivity (Wildman–Crippen MR) is 22.0 cm³/mol. The van der Waals surface area contributed by atoms with Crippen molar-refractivity contribution < 1.29 is 9.45 Å². The van der Waals surface area contributed by atoms with Crippen LogP contribution >= 0.6 is 0 Å². The van der Waals surface area contributed by atoms with Gasteiger partial charge in [0.2, 0.25) is 0 Å². The highest BCUT2D eigenvalue weighted by Crippen LogP contribution is 2.01. The molecule has 0 spiro atoms. The Kier molecular flexibility index (Phi) is 0.957. The van der Waals surface area contributed by atoms with Crippen molar-refractivity contribution in [2.45, 2.75) is 0 Å². The molecule has 0 atom stereocenters. The van der Waals surface area contributed by atoms with Crippen LogP contribution in [0.25, 0.3) is 0 Å². The Morgan fingerprint density at radius 3 is 3.00 bits per heavy atom. The highest BCUT2D eigenvalue weighted by atomic mass is 16.6. The highest BCUT2D eigenvalue weighted by molar-refractivity contribution is 5.08. The van der Waals surface area contributed by atoms with Gasteiger partial charge in [-0.25, -0.2) is 0 Å². The first-order valence-electron chi connectivity index (χ1n) is 1.77. The Morgan fingerprint density at radius 1 is 2.00 bits per heavy atom. The summed E-state index contributed by atoms with van der Waals surface area (Å²) in [6, 6.07) is 2.16. The predicted octanol–water partition coefficient (Wildman–Crippen LogP) is 0.383. The van der Waals surface area contributed by atoms with Crippen LogP contribution in [0.5, 0.6) is 0 Å². The van der Waals surface area contributed by atoms with Gasteiger partial charge in [-0.3, -0.25) is 4.52 Å². The molecule has 1 radical (unpaired) electrons. The van der Waals surface area contributed by atoms with Crippen LogP contribution in [-0.2, 0) is 0 Å². The molecule has 41 valence electrons. The molecule has 0 N–H and O–H groups in total. The molecule has 1 heterocycles. The molecule has 1 rings (SSSR count). The number of hydrogen-bond acceptors (Lipinski definition) is 4. The maximum Gasteiger partial charge on any atom is 0.421 e. The minimum absolute atomic E-state index is 0.384. The summed E-state index contributed by atoms with van der Waals surface area (Å²) in [5.74, 6) is -0.384. The lowest BCUT2D eigenvalue weighted by Gasteiger charge is -1.78. The molecule has 5 heteroatoms. The largest absolute Gasteiger partial charge is 0.421 e. The second kappa shape index (κ2) is 1.61. The van der Waals surface area contributed by atoms with Gasteiger partial charge in [-0.15, -0.1) is 0 Å². The smallest absolute Gasteiger partial charge is 0.358 e. The van der Waals surface area contributed by atoms with Crippen molar-refractivity contribution in [1.82, 2.24) is 5.16 Å². The number of nitro groups is 1. The van der Waals surface area contributed by atoms with Crippen LogP contribution in [0.4, 0.5) is 5.82 Å². The van der Waals surface area contributed by atoms with Gasteiger partial charge in [0, 0.05) is 0 Å². The van der Waals surface area contributed by atoms with Gasteiger partial charge in [0.1, 0.15) is 6.07 Å². The molecule has 0 aromatic carbocycles. The van der Waals surface area contributed by atoms with Crippen LogP contribution in [0.2, 0.25) is 0 Å². The lowest BCUT2D eigenvalue weighted by atomic mass is 10.7. The van der Waals surface area contributed by atoms with Crippen LogP contribution in [0.15, 0.2) is 10.8 Å². The number of aromatic nitrogens is 1. The molecule has 0 aliphatic carbocycles. The van der Waals surface area contributed by atoms with E-state index < -0.39 is 4.92 Å². The molecule has 0 unspecified atom stereocenters. The Morgan fingerprint density at radius 2 is 2.75 bits per heavy atom. The minimum Gasteiger partial charge on any atom is -0.358 e. The van der Waals surface area contributed by atoms with E-state index in [9.17, 15) is 10.1 Å². The quantitative estimate of drug-likeness (QED) is 0.390. The summed E-state index contributed by atoms with van der Waals surface area (Å²) in [4.78, 5) is 9.04. The molecule has 8 heavy (non-hydrogen) atoms. The third-order valence-corrected chi connectivity index (χ3v) is 0.553. The van der Waals surface area contributed by atoms with Gasteiger partial charge in [0.15, 0.2) is 11.4 Å². The second-order valence-corrected chi connectivity index (χ2v) is 1.04. The van der Waals surface area contributed by atoms with Crippen molar-refractivity contribution in [3.8, 4) is 0 Å². The van der Waals surface area contributed by atoms with Crippen molar-refractivity contribution in [3.05, 3.63) is 22.4 Å². The molecular weight excluding hydrogens is 112 g/mol. The van der Waals surface area contributed by atoms with E-state index in [1.54, 1.807) is 0 Å². The van der Waals surface area contributed by atoms with Crippen molar-refractivity contribution in [3.63, 3.8) is 0 Å². The fourth-order valence-electron chi connectivity index (χ4n) is 0.268. The summed E-state index contributed by atoms with van der Waals surface area (Å²) in [6.45, 7) is 0. The van der Waals surface area contributed by atoms with E-state index in [2.05, 4.69) is 15.7 Å². The molecule has 1 aromatic heterocycles. The summed E-state index contributed by atoms with van der Waals surface area (Å²) in [5.41, 5.74) is 0. The first-order chi connectivity index (χ1) is 3.80. The zero-order valence-electron chi connectivity index (χ0n) is 3.70. The maximum absolute atomic E-state index is 9.71. The number of rotatable bonds is 1. The fraction of sp³-hybridized carbons (Fsp3) is 0. The molecule has 0 fully saturated rings. The third-order valence-electron chi connectivity index (χ3n) is 0.553. The zero-order valence-corrected chi connectivity index (χ0v) is 3.70. The third kappa shape index (κ3) is 0.651. The van der Waals surface area contributed by atoms with E-state index in [1.807, 2.05) is 0 Å². The summed E-state index contributed by atoms with van der Waals surface area (Å²) in [6.07, 6.45) is 1.03. The van der Waals surface area contributed by atoms with Crippen LogP contribution in [0.1, 0.15) is 0 Å². The van der Waals surface area contributed by atoms with Crippen LogP contribution in [0.3, 0.4) is 0 Å². The Labute approximate surface area is 44.0 Å². The van der Waals surface area contributed by atoms with Crippen LogP contribution < -0.4 is 0 Å². The number of hydrogen-bond donors (Lipinski definition) is 0. The molecule has 0 aliphatic rings. The SMILES string of the molecule is O=[N+]([O-])c1[c]con1. The summed E-state index contributed by atoms with van der Waals surface area (Å²) in [5, 5.41) is 12.7. The molecule has 0 bridgehead atoms. The van der Waals surface area contributed by atoms with E-state index in [0.717, 1.165) is 6.26 Å². The standard InChI is InChI=1S/C3HN2O3/c6-5(7)3-1-2-8-4-3/h2H. The Hall–Kier alpha value is -1.39. The molecular formula is C3HN2O3. The molecule has 1 aromatic rings. The van der Waals surface area contributed by atoms with Gasteiger partial charge < -0.3 is 10.1 Å². The van der Waals surface area contributed by atoms with Crippen LogP contribution in [0, 0.1) is 16.2 Å². The average Bonchev–Trinajstić information content (AvgIpc) is 2.12. The Balaban J connectivity index is 2.93. The molecule has 5 nitrogen and oxygen atoms in total. The normalized spacial score (nSPS) is 9.00. The second-order valence-electron chi connectivity index (χ2n) is 1.04. The molecule has 0 aliphatic heterocycles. The van der Waals surface area contributed by atoms with E-state index in [0.29, 0.717) is 0 Å². The topological polar surface area (TPSA) is 69.2 Å². The van der Waals surface area contributed by atoms with Crippen LogP contribution in [-0.4, -0.2) is 10.1 Å². The van der Waals surface area contributed by atoms with E-state index in [-0.39, 0.29) is 5.82 Å². The maximum atomic E-state index is 9.71. The summed E-state index contributed by atoms with van der Waals surface area (Å²) >= 11 is 0. The van der Waals surface area contributed by atoms with Gasteiger partial charge in [0.25, 0.3) is 0 Å². The first kappa shape index (κ1) is 4.76. The monoisotopic (exact) mass is 113 g/mol. The van der Waals surface area contributed by atoms with Gasteiger partial charge in [-0.05, 0) is 4.92 Å². The van der Waals surface area contributed by atoms with Crippen molar-refractivity contribution in [2.24, 2.45) is 0 Å². The van der Waals surface area contributed by atoms with Crippen molar-refractivity contribution in [1.29, 1.82) is 0 Å². The van der Waals surface area contributed by atoms with E-state index in [1.165, 1.54) is 0 Å². The summed E-state index contributed by atoms with van der Waals surface area (Å²) in [7, 11) is 0. The van der Waals surface area contributed by atoms with Crippen molar-refractivity contribution >= 4 is 5.82 Å². The van der Waals surface area contributed by atoms with Gasteiger partial charge in [-0.1, -0.05) is 0 Å². The first-order valence-corrected chi connectivity index (χ1v) is 1.77. The zero-order chi connectivity index (χ0) is 5.98. The van der Waals surface area contributed by atoms with Gasteiger partial charge >= 0.3 is 5.82 Å². The van der Waals surface area contributed by atoms with Gasteiger partial charge in [0.05, 0.1) is 0 Å². The molecule has 0 saturated heterocycles. The lowest BCUT2D eigenvalue weighted by molar-refractivity contribution is -0.391.